The second-order valence-electron chi connectivity index (χ2n) is 7.64. The molecule has 1 aliphatic heterocycles. The second-order valence-corrected chi connectivity index (χ2v) is 8.51. The van der Waals surface area contributed by atoms with E-state index in [1.807, 2.05) is 13.8 Å². The Hall–Kier alpha value is -3.59. The quantitative estimate of drug-likeness (QED) is 0.251. The number of anilines is 1. The lowest BCUT2D eigenvalue weighted by atomic mass is 9.86. The number of thiazole rings is 1. The van der Waals surface area contributed by atoms with Crippen LogP contribution >= 0.6 is 11.3 Å². The first-order valence-corrected chi connectivity index (χ1v) is 11.8. The number of carbonyl (C=O) groups is 3. The molecule has 0 spiro atoms. The van der Waals surface area contributed by atoms with Crippen molar-refractivity contribution in [1.29, 1.82) is 0 Å². The molecule has 3 aromatic rings. The first-order valence-electron chi connectivity index (χ1n) is 10.9. The zero-order chi connectivity index (χ0) is 24.2. The molecule has 7 nitrogen and oxygen atoms in total. The van der Waals surface area contributed by atoms with E-state index < -0.39 is 35.3 Å². The van der Waals surface area contributed by atoms with Gasteiger partial charge in [0.05, 0.1) is 19.3 Å². The molecule has 2 unspecified atom stereocenters. The minimum absolute atomic E-state index is 0.145. The van der Waals surface area contributed by atoms with Gasteiger partial charge in [-0.2, -0.15) is 0 Å². The van der Waals surface area contributed by atoms with Gasteiger partial charge in [-0.25, -0.2) is 9.37 Å². The van der Waals surface area contributed by atoms with Crippen LogP contribution in [0.1, 0.15) is 42.2 Å². The van der Waals surface area contributed by atoms with Crippen LogP contribution < -0.4 is 14.4 Å². The minimum Gasteiger partial charge on any atom is -0.490 e. The molecule has 0 radical (unpaired) electrons. The summed E-state index contributed by atoms with van der Waals surface area (Å²) in [6, 6.07) is 9.10. The number of ether oxygens (including phenoxy) is 2. The van der Waals surface area contributed by atoms with Gasteiger partial charge in [-0.05, 0) is 55.3 Å². The summed E-state index contributed by atoms with van der Waals surface area (Å²) < 4.78 is 24.9. The van der Waals surface area contributed by atoms with Crippen molar-refractivity contribution in [1.82, 2.24) is 4.98 Å². The van der Waals surface area contributed by atoms with Gasteiger partial charge < -0.3 is 9.47 Å². The van der Waals surface area contributed by atoms with E-state index in [-0.39, 0.29) is 5.56 Å². The predicted octanol–water partition coefficient (Wildman–Crippen LogP) is 4.63. The Morgan fingerprint density at radius 1 is 1.09 bits per heavy atom. The van der Waals surface area contributed by atoms with Crippen molar-refractivity contribution in [2.75, 3.05) is 18.1 Å². The Kier molecular flexibility index (Phi) is 7.02. The summed E-state index contributed by atoms with van der Waals surface area (Å²) in [6.45, 7) is 4.70. The number of benzene rings is 2. The molecular weight excluding hydrogens is 459 g/mol. The molecule has 0 N–H and O–H groups in total. The first-order chi connectivity index (χ1) is 16.5. The maximum Gasteiger partial charge on any atom is 0.297 e. The molecule has 4 rings (SSSR count). The van der Waals surface area contributed by atoms with Gasteiger partial charge in [0.25, 0.3) is 5.91 Å². The summed E-state index contributed by atoms with van der Waals surface area (Å²) >= 11 is 1.19. The lowest BCUT2D eigenvalue weighted by molar-refractivity contribution is -0.135. The molecule has 1 saturated heterocycles. The van der Waals surface area contributed by atoms with Gasteiger partial charge >= 0.3 is 0 Å². The third kappa shape index (κ3) is 4.43. The van der Waals surface area contributed by atoms with Crippen LogP contribution in [0.25, 0.3) is 0 Å². The number of Topliss-reactive ketones (excluding diaryl/α,β-unsaturated/α-hetero) is 2. The molecule has 1 aliphatic rings. The summed E-state index contributed by atoms with van der Waals surface area (Å²) in [7, 11) is 0. The standard InChI is InChI=1S/C25H23FN2O5S/c1-3-12-33-18-10-7-16(14-19(18)32-4-2)21-20(22(29)15-5-8-17(26)9-6-15)23(30)24(31)28(21)25-27-11-13-34-25/h5-11,13-14,20-21H,3-4,12H2,1-2H3. The van der Waals surface area contributed by atoms with Crippen molar-refractivity contribution in [3.63, 3.8) is 0 Å². The molecule has 1 amide bonds. The molecule has 1 fully saturated rings. The lowest BCUT2D eigenvalue weighted by Crippen LogP contribution is -2.30. The van der Waals surface area contributed by atoms with Crippen LogP contribution in [0.15, 0.2) is 54.0 Å². The Labute approximate surface area is 200 Å². The smallest absolute Gasteiger partial charge is 0.297 e. The molecule has 0 bridgehead atoms. The number of halogens is 1. The highest BCUT2D eigenvalue weighted by atomic mass is 32.1. The average molecular weight is 483 g/mol. The fourth-order valence-electron chi connectivity index (χ4n) is 3.92. The fraction of sp³-hybridized carbons (Fsp3) is 0.280. The number of rotatable bonds is 9. The topological polar surface area (TPSA) is 85.8 Å². The molecule has 176 valence electrons. The molecular formula is C25H23FN2O5S. The number of hydrogen-bond donors (Lipinski definition) is 0. The molecule has 0 aliphatic carbocycles. The van der Waals surface area contributed by atoms with Crippen LogP contribution in [0.2, 0.25) is 0 Å². The van der Waals surface area contributed by atoms with Crippen molar-refractivity contribution >= 4 is 33.9 Å². The molecule has 0 saturated carbocycles. The second kappa shape index (κ2) is 10.1. The Bertz CT molecular complexity index is 1200. The zero-order valence-corrected chi connectivity index (χ0v) is 19.5. The number of amides is 1. The summed E-state index contributed by atoms with van der Waals surface area (Å²) in [5.41, 5.74) is 0.675. The van der Waals surface area contributed by atoms with E-state index in [1.165, 1.54) is 34.6 Å². The van der Waals surface area contributed by atoms with Crippen LogP contribution in [0, 0.1) is 11.7 Å². The molecule has 1 aromatic heterocycles. The van der Waals surface area contributed by atoms with Crippen molar-refractivity contribution in [2.45, 2.75) is 26.3 Å². The van der Waals surface area contributed by atoms with Crippen molar-refractivity contribution in [3.8, 4) is 11.5 Å². The Morgan fingerprint density at radius 3 is 2.50 bits per heavy atom. The number of ketones is 2. The summed E-state index contributed by atoms with van der Waals surface area (Å²) in [5.74, 6) is -3.05. The van der Waals surface area contributed by atoms with E-state index in [1.54, 1.807) is 23.6 Å². The summed E-state index contributed by atoms with van der Waals surface area (Å²) in [5, 5.41) is 1.99. The van der Waals surface area contributed by atoms with E-state index in [0.29, 0.717) is 35.4 Å². The van der Waals surface area contributed by atoms with Gasteiger partial charge in [0.2, 0.25) is 5.78 Å². The van der Waals surface area contributed by atoms with Gasteiger partial charge in [-0.15, -0.1) is 11.3 Å². The van der Waals surface area contributed by atoms with E-state index in [2.05, 4.69) is 4.98 Å². The summed E-state index contributed by atoms with van der Waals surface area (Å²) in [6.07, 6.45) is 2.34. The van der Waals surface area contributed by atoms with Gasteiger partial charge in [0.1, 0.15) is 11.7 Å². The molecule has 2 aromatic carbocycles. The number of nitrogens with zero attached hydrogens (tertiary/aromatic N) is 2. The highest BCUT2D eigenvalue weighted by Crippen LogP contribution is 2.44. The van der Waals surface area contributed by atoms with Gasteiger partial charge in [-0.1, -0.05) is 13.0 Å². The van der Waals surface area contributed by atoms with Crippen molar-refractivity contribution in [3.05, 3.63) is 71.0 Å². The zero-order valence-electron chi connectivity index (χ0n) is 18.7. The highest BCUT2D eigenvalue weighted by Gasteiger charge is 2.53. The van der Waals surface area contributed by atoms with Gasteiger partial charge in [0.15, 0.2) is 22.4 Å². The average Bonchev–Trinajstić information content (AvgIpc) is 3.45. The molecule has 2 heterocycles. The fourth-order valence-corrected chi connectivity index (χ4v) is 4.59. The Balaban J connectivity index is 1.82. The maximum absolute atomic E-state index is 13.4. The van der Waals surface area contributed by atoms with E-state index >= 15 is 0 Å². The monoisotopic (exact) mass is 482 g/mol. The summed E-state index contributed by atoms with van der Waals surface area (Å²) in [4.78, 5) is 45.1. The van der Waals surface area contributed by atoms with Crippen molar-refractivity contribution in [2.24, 2.45) is 5.92 Å². The number of aromatic nitrogens is 1. The predicted molar refractivity (Wildman–Crippen MR) is 125 cm³/mol. The van der Waals surface area contributed by atoms with Crippen LogP contribution in [0.3, 0.4) is 0 Å². The van der Waals surface area contributed by atoms with E-state index in [4.69, 9.17) is 9.47 Å². The lowest BCUT2D eigenvalue weighted by Gasteiger charge is -2.26. The van der Waals surface area contributed by atoms with E-state index in [9.17, 15) is 18.8 Å². The van der Waals surface area contributed by atoms with Gasteiger partial charge in [0, 0.05) is 17.1 Å². The minimum atomic E-state index is -1.32. The Morgan fingerprint density at radius 2 is 1.85 bits per heavy atom. The van der Waals surface area contributed by atoms with Crippen LogP contribution in [0.4, 0.5) is 9.52 Å². The van der Waals surface area contributed by atoms with Crippen LogP contribution in [0.5, 0.6) is 11.5 Å². The van der Waals surface area contributed by atoms with Gasteiger partial charge in [-0.3, -0.25) is 19.3 Å². The largest absolute Gasteiger partial charge is 0.490 e. The molecule has 34 heavy (non-hydrogen) atoms. The molecule has 2 atom stereocenters. The molecule has 9 heteroatoms. The van der Waals surface area contributed by atoms with Crippen LogP contribution in [-0.2, 0) is 9.59 Å². The van der Waals surface area contributed by atoms with Crippen molar-refractivity contribution < 1.29 is 28.2 Å². The first kappa shape index (κ1) is 23.6. The van der Waals surface area contributed by atoms with E-state index in [0.717, 1.165) is 18.6 Å². The normalized spacial score (nSPS) is 17.8. The number of carbonyl (C=O) groups excluding carboxylic acids is 3. The SMILES string of the molecule is CCCOc1ccc(C2C(C(=O)c3ccc(F)cc3)C(=O)C(=O)N2c2nccs2)cc1OCC. The third-order valence-corrected chi connectivity index (χ3v) is 6.18. The van der Waals surface area contributed by atoms with Crippen LogP contribution in [-0.4, -0.2) is 35.7 Å². The highest BCUT2D eigenvalue weighted by molar-refractivity contribution is 7.14. The maximum atomic E-state index is 13.4. The number of hydrogen-bond acceptors (Lipinski definition) is 7. The third-order valence-electron chi connectivity index (χ3n) is 5.41.